The van der Waals surface area contributed by atoms with E-state index >= 15 is 0 Å². The van der Waals surface area contributed by atoms with Crippen LogP contribution in [0.1, 0.15) is 127 Å². The Morgan fingerprint density at radius 1 is 0.662 bits per heavy atom. The molecule has 0 aliphatic carbocycles. The molecule has 0 saturated carbocycles. The predicted octanol–water partition coefficient (Wildman–Crippen LogP) is 7.72. The molecule has 1 aliphatic rings. The molecule has 2 aromatic carbocycles. The second-order valence-corrected chi connectivity index (χ2v) is 23.1. The summed E-state index contributed by atoms with van der Waals surface area (Å²) >= 11 is 0. The zero-order valence-corrected chi connectivity index (χ0v) is 44.1. The van der Waals surface area contributed by atoms with Gasteiger partial charge >= 0.3 is 29.8 Å². The maximum absolute atomic E-state index is 14.1. The molecular weight excluding hydrogens is 941 g/mol. The first kappa shape index (κ1) is 52.1. The Kier molecular flexibility index (Phi) is 16.9. The number of rotatable bonds is 19. The van der Waals surface area contributed by atoms with E-state index in [0.29, 0.717) is 35.9 Å². The van der Waals surface area contributed by atoms with E-state index in [1.54, 1.807) is 43.7 Å². The van der Waals surface area contributed by atoms with E-state index in [1.807, 2.05) is 24.3 Å². The molecule has 1 fully saturated rings. The van der Waals surface area contributed by atoms with E-state index < -0.39 is 125 Å². The number of carbonyl (C=O) groups is 5. The molecule has 0 spiro atoms. The third-order valence-corrected chi connectivity index (χ3v) is 11.2. The van der Waals surface area contributed by atoms with Gasteiger partial charge in [0, 0.05) is 11.9 Å². The zero-order valence-electron chi connectivity index (χ0n) is 47.2. The lowest BCUT2D eigenvalue weighted by Crippen LogP contribution is -2.65. The molecule has 19 heteroatoms. The lowest BCUT2D eigenvalue weighted by Gasteiger charge is -2.45. The summed E-state index contributed by atoms with van der Waals surface area (Å²) in [5.41, 5.74) is -4.29. The topological polar surface area (TPSA) is 220 Å². The van der Waals surface area contributed by atoms with Crippen molar-refractivity contribution in [2.45, 2.75) is 160 Å². The lowest BCUT2D eigenvalue weighted by atomic mass is 9.93. The van der Waals surface area contributed by atoms with Crippen molar-refractivity contribution in [1.82, 2.24) is 9.78 Å². The number of nitrogens with zero attached hydrogens (tertiary/aromatic N) is 2. The highest BCUT2D eigenvalue weighted by atomic mass is 32.2. The van der Waals surface area contributed by atoms with E-state index in [-0.39, 0.29) is 39.1 Å². The standard InChI is InChI=1S/C52H76N2O16S/c1-48(2,3)43(55)63-30-27-54-35-20-17-19-33(24-21-32-22-25-34(26-23-32)62-28-18-29-65-71(16,60)61)37(35)41(53-54)70-42-40(69-47(59)52(13,14)15)39(68-46(58)51(10,11)12)38(67-45(57)50(7,8)9)36(66-42)31-64-44(56)49(4,5)6/h17,19-20,22-23,25-26,36,38-40,42H,18,21,24,27-31H2,1-16H3/t36-,38-,39+,40-,42?/m1/s1/i4D,7D,10D,13D. The van der Waals surface area contributed by atoms with Gasteiger partial charge in [0.25, 0.3) is 10.1 Å². The predicted molar refractivity (Wildman–Crippen MR) is 263 cm³/mol. The molecule has 4 rings (SSSR count). The summed E-state index contributed by atoms with van der Waals surface area (Å²) in [7, 11) is -3.56. The van der Waals surface area contributed by atoms with Crippen LogP contribution >= 0.6 is 0 Å². The Balaban J connectivity index is 1.90. The molecule has 1 aromatic heterocycles. The van der Waals surface area contributed by atoms with Crippen molar-refractivity contribution in [1.29, 1.82) is 0 Å². The number of hydrogen-bond acceptors (Lipinski definition) is 17. The number of carbonyl (C=O) groups excluding carboxylic acids is 5. The molecule has 3 aromatic rings. The third kappa shape index (κ3) is 17.2. The van der Waals surface area contributed by atoms with Crippen LogP contribution in [-0.2, 0) is 86.1 Å². The van der Waals surface area contributed by atoms with E-state index in [1.165, 1.54) is 55.4 Å². The quantitative estimate of drug-likeness (QED) is 0.0485. The van der Waals surface area contributed by atoms with Crippen LogP contribution in [0.4, 0.5) is 0 Å². The molecule has 18 nitrogen and oxygen atoms in total. The van der Waals surface area contributed by atoms with Crippen LogP contribution in [0.2, 0.25) is 0 Å². The molecule has 1 saturated heterocycles. The van der Waals surface area contributed by atoms with Crippen molar-refractivity contribution in [2.24, 2.45) is 27.1 Å². The van der Waals surface area contributed by atoms with Gasteiger partial charge in [0.15, 0.2) is 12.2 Å². The Labute approximate surface area is 424 Å². The highest BCUT2D eigenvalue weighted by Gasteiger charge is 2.56. The SMILES string of the molecule is [2H]CC(C)(C)C(=O)OC[C@H]1OC(Oc2nn(CCOC(=O)C(C)(C)C)c3cccc(CCc4ccc(OCCCOS(C)(=O)=O)cc4)c23)[C@H](OC(=O)C(C)(C)C[2H])[C@@H](OC(=O)C(C)(C)C[2H])[C@@H]1OC(=O)C(C)(C)C[2H]. The molecular formula is C52H76N2O16S. The second-order valence-electron chi connectivity index (χ2n) is 21.5. The Morgan fingerprint density at radius 3 is 1.77 bits per heavy atom. The largest absolute Gasteiger partial charge is 0.494 e. The van der Waals surface area contributed by atoms with Gasteiger partial charge in [-0.15, -0.1) is 5.10 Å². The first-order chi connectivity index (χ1) is 34.8. The van der Waals surface area contributed by atoms with Crippen LogP contribution in [0.25, 0.3) is 10.9 Å². The first-order valence-corrected chi connectivity index (χ1v) is 25.1. The van der Waals surface area contributed by atoms with Crippen LogP contribution < -0.4 is 9.47 Å². The number of benzene rings is 2. The molecule has 0 radical (unpaired) electrons. The van der Waals surface area contributed by atoms with Gasteiger partial charge in [-0.05, 0) is 146 Å². The Morgan fingerprint density at radius 2 is 1.21 bits per heavy atom. The van der Waals surface area contributed by atoms with Gasteiger partial charge in [-0.2, -0.15) is 8.42 Å². The van der Waals surface area contributed by atoms with Crippen molar-refractivity contribution < 1.29 is 80.0 Å². The number of hydrogen-bond donors (Lipinski definition) is 0. The first-order valence-electron chi connectivity index (χ1n) is 26.1. The Bertz CT molecular complexity index is 2560. The minimum Gasteiger partial charge on any atom is -0.494 e. The lowest BCUT2D eigenvalue weighted by molar-refractivity contribution is -0.294. The van der Waals surface area contributed by atoms with Gasteiger partial charge in [0.05, 0.1) is 64.0 Å². The number of ether oxygens (including phenoxy) is 8. The van der Waals surface area contributed by atoms with Gasteiger partial charge in [0.1, 0.15) is 25.1 Å². The summed E-state index contributed by atoms with van der Waals surface area (Å²) in [6, 6.07) is 12.8. The minimum atomic E-state index is -3.56. The third-order valence-electron chi connectivity index (χ3n) is 10.6. The average Bonchev–Trinajstić information content (AvgIpc) is 3.70. The fourth-order valence-electron chi connectivity index (χ4n) is 6.48. The van der Waals surface area contributed by atoms with Crippen LogP contribution in [0.15, 0.2) is 42.5 Å². The van der Waals surface area contributed by atoms with Crippen molar-refractivity contribution in [3.8, 4) is 11.6 Å². The highest BCUT2D eigenvalue weighted by Crippen LogP contribution is 2.38. The fourth-order valence-corrected chi connectivity index (χ4v) is 6.90. The van der Waals surface area contributed by atoms with E-state index in [2.05, 4.69) is 0 Å². The number of aromatic nitrogens is 2. The van der Waals surface area contributed by atoms with Crippen LogP contribution in [-0.4, -0.2) is 111 Å². The van der Waals surface area contributed by atoms with E-state index in [4.69, 9.17) is 52.7 Å². The summed E-state index contributed by atoms with van der Waals surface area (Å²) in [4.78, 5) is 68.5. The van der Waals surface area contributed by atoms with Crippen molar-refractivity contribution in [3.05, 3.63) is 53.6 Å². The maximum Gasteiger partial charge on any atom is 0.311 e. The fraction of sp³-hybridized carbons (Fsp3) is 0.654. The highest BCUT2D eigenvalue weighted by molar-refractivity contribution is 7.85. The maximum atomic E-state index is 14.1. The normalized spacial score (nSPS) is 19.9. The molecule has 396 valence electrons. The molecule has 0 N–H and O–H groups in total. The molecule has 71 heavy (non-hydrogen) atoms. The van der Waals surface area contributed by atoms with Crippen LogP contribution in [0.3, 0.4) is 0 Å². The summed E-state index contributed by atoms with van der Waals surface area (Å²) in [6.45, 7) is 14.7. The van der Waals surface area contributed by atoms with Gasteiger partial charge in [-0.3, -0.25) is 32.8 Å². The van der Waals surface area contributed by atoms with Crippen LogP contribution in [0, 0.1) is 27.1 Å². The summed E-state index contributed by atoms with van der Waals surface area (Å²) in [6.07, 6.45) is -6.45. The van der Waals surface area contributed by atoms with Gasteiger partial charge in [-0.1, -0.05) is 24.3 Å². The van der Waals surface area contributed by atoms with Gasteiger partial charge in [-0.25, -0.2) is 0 Å². The molecule has 0 bridgehead atoms. The molecule has 2 heterocycles. The zero-order chi connectivity index (χ0) is 56.3. The Hall–Kier alpha value is -5.27. The molecule has 5 atom stereocenters. The van der Waals surface area contributed by atoms with Crippen molar-refractivity contribution >= 4 is 50.9 Å². The van der Waals surface area contributed by atoms with Crippen LogP contribution in [0.5, 0.6) is 11.6 Å². The molecule has 1 unspecified atom stereocenters. The second kappa shape index (κ2) is 23.1. The van der Waals surface area contributed by atoms with Gasteiger partial charge in [0.2, 0.25) is 18.3 Å². The summed E-state index contributed by atoms with van der Waals surface area (Å²) in [5, 5.41) is 5.31. The number of esters is 5. The van der Waals surface area contributed by atoms with Crippen molar-refractivity contribution in [2.75, 3.05) is 32.7 Å². The summed E-state index contributed by atoms with van der Waals surface area (Å²) in [5.74, 6) is -3.62. The minimum absolute atomic E-state index is 0.0155. The number of aryl methyl sites for hydroxylation is 2. The monoisotopic (exact) mass is 1020 g/mol. The summed E-state index contributed by atoms with van der Waals surface area (Å²) < 4.78 is 110. The van der Waals surface area contributed by atoms with Crippen molar-refractivity contribution in [3.63, 3.8) is 0 Å². The number of fused-ring (bicyclic) bond motifs is 1. The average molecular weight is 1020 g/mol. The smallest absolute Gasteiger partial charge is 0.311 e. The molecule has 1 aliphatic heterocycles. The van der Waals surface area contributed by atoms with E-state index in [0.717, 1.165) is 17.4 Å². The molecule has 0 amide bonds. The van der Waals surface area contributed by atoms with Gasteiger partial charge < -0.3 is 37.9 Å². The van der Waals surface area contributed by atoms with E-state index in [9.17, 15) is 32.4 Å².